The lowest BCUT2D eigenvalue weighted by Gasteiger charge is -2.18. The maximum atomic E-state index is 12.9. The van der Waals surface area contributed by atoms with Gasteiger partial charge >= 0.3 is 17.9 Å². The zero-order valence-corrected chi connectivity index (χ0v) is 50.1. The minimum atomic E-state index is -0.785. The van der Waals surface area contributed by atoms with E-state index >= 15 is 0 Å². The number of hydrogen-bond donors (Lipinski definition) is 0. The Kier molecular flexibility index (Phi) is 61.2. The first-order chi connectivity index (χ1) is 37.0. The van der Waals surface area contributed by atoms with Crippen molar-refractivity contribution in [1.29, 1.82) is 0 Å². The molecule has 6 nitrogen and oxygen atoms in total. The number of hydrogen-bond acceptors (Lipinski definition) is 6. The molecule has 0 aliphatic heterocycles. The molecule has 0 spiro atoms. The van der Waals surface area contributed by atoms with Crippen LogP contribution < -0.4 is 0 Å². The van der Waals surface area contributed by atoms with Gasteiger partial charge in [0.15, 0.2) is 6.10 Å². The number of carbonyl (C=O) groups is 3. The van der Waals surface area contributed by atoms with Gasteiger partial charge in [-0.05, 0) is 83.5 Å². The minimum Gasteiger partial charge on any atom is -0.462 e. The Bertz CT molecular complexity index is 1340. The second-order valence-corrected chi connectivity index (χ2v) is 22.0. The van der Waals surface area contributed by atoms with Gasteiger partial charge in [-0.15, -0.1) is 0 Å². The van der Waals surface area contributed by atoms with E-state index in [1.165, 1.54) is 199 Å². The molecule has 1 atom stereocenters. The van der Waals surface area contributed by atoms with Gasteiger partial charge in [0.05, 0.1) is 0 Å². The molecule has 0 aromatic heterocycles. The van der Waals surface area contributed by atoms with Crippen molar-refractivity contribution in [2.45, 2.75) is 348 Å². The lowest BCUT2D eigenvalue weighted by molar-refractivity contribution is -0.167. The maximum Gasteiger partial charge on any atom is 0.306 e. The van der Waals surface area contributed by atoms with Crippen LogP contribution in [0.5, 0.6) is 0 Å². The number of ether oxygens (including phenoxy) is 3. The lowest BCUT2D eigenvalue weighted by atomic mass is 10.0. The summed E-state index contributed by atoms with van der Waals surface area (Å²) in [6.07, 6.45) is 80.9. The molecule has 0 radical (unpaired) electrons. The SMILES string of the molecule is CC/C=C\C/C=C\C/C=C\CCCCCCCCCC(=O)OC(COC(=O)CCCCCCC/C=C\C/C=C\CCCCC)COC(=O)CCCCCCCCCCCCCCCCCCCCCCCCCCC. The Morgan fingerprint density at radius 3 is 0.840 bits per heavy atom. The highest BCUT2D eigenvalue weighted by molar-refractivity contribution is 5.71. The van der Waals surface area contributed by atoms with Crippen molar-refractivity contribution >= 4 is 17.9 Å². The lowest BCUT2D eigenvalue weighted by Crippen LogP contribution is -2.30. The van der Waals surface area contributed by atoms with Gasteiger partial charge in [-0.3, -0.25) is 14.4 Å². The van der Waals surface area contributed by atoms with Crippen LogP contribution in [0.15, 0.2) is 60.8 Å². The molecule has 0 aromatic carbocycles. The summed E-state index contributed by atoms with van der Waals surface area (Å²) in [5, 5.41) is 0. The van der Waals surface area contributed by atoms with E-state index in [-0.39, 0.29) is 31.1 Å². The Morgan fingerprint density at radius 2 is 0.520 bits per heavy atom. The predicted octanol–water partition coefficient (Wildman–Crippen LogP) is 22.3. The molecule has 75 heavy (non-hydrogen) atoms. The van der Waals surface area contributed by atoms with Crippen molar-refractivity contribution in [3.8, 4) is 0 Å². The highest BCUT2D eigenvalue weighted by Gasteiger charge is 2.19. The average molecular weight is 1050 g/mol. The monoisotopic (exact) mass is 1050 g/mol. The molecule has 0 saturated carbocycles. The number of carbonyl (C=O) groups excluding carboxylic acids is 3. The van der Waals surface area contributed by atoms with Gasteiger partial charge in [-0.25, -0.2) is 0 Å². The third kappa shape index (κ3) is 61.8. The van der Waals surface area contributed by atoms with Crippen LogP contribution in [-0.4, -0.2) is 37.2 Å². The van der Waals surface area contributed by atoms with Gasteiger partial charge in [0, 0.05) is 19.3 Å². The molecule has 0 fully saturated rings. The van der Waals surface area contributed by atoms with Gasteiger partial charge in [-0.1, -0.05) is 300 Å². The highest BCUT2D eigenvalue weighted by atomic mass is 16.6. The first kappa shape index (κ1) is 72.1. The summed E-state index contributed by atoms with van der Waals surface area (Å²) in [5.41, 5.74) is 0. The first-order valence-corrected chi connectivity index (χ1v) is 32.8. The van der Waals surface area contributed by atoms with Crippen LogP contribution in [0.4, 0.5) is 0 Å². The van der Waals surface area contributed by atoms with Crippen LogP contribution >= 0.6 is 0 Å². The molecule has 0 amide bonds. The van der Waals surface area contributed by atoms with E-state index in [2.05, 4.69) is 81.5 Å². The number of rotatable bonds is 60. The first-order valence-electron chi connectivity index (χ1n) is 32.8. The fourth-order valence-corrected chi connectivity index (χ4v) is 9.61. The van der Waals surface area contributed by atoms with E-state index in [1.54, 1.807) is 0 Å². The molecule has 0 heterocycles. The molecular weight excluding hydrogens is 925 g/mol. The largest absolute Gasteiger partial charge is 0.462 e. The Morgan fingerprint density at radius 1 is 0.280 bits per heavy atom. The molecule has 0 saturated heterocycles. The van der Waals surface area contributed by atoms with Gasteiger partial charge in [0.1, 0.15) is 13.2 Å². The number of allylic oxidation sites excluding steroid dienone is 10. The summed E-state index contributed by atoms with van der Waals surface area (Å²) in [6, 6.07) is 0. The van der Waals surface area contributed by atoms with Crippen molar-refractivity contribution in [1.82, 2.24) is 0 Å². The fourth-order valence-electron chi connectivity index (χ4n) is 9.61. The topological polar surface area (TPSA) is 78.9 Å². The molecule has 6 heteroatoms. The van der Waals surface area contributed by atoms with Crippen LogP contribution in [0.1, 0.15) is 342 Å². The molecule has 0 aromatic rings. The second kappa shape index (κ2) is 63.6. The number of esters is 3. The molecule has 436 valence electrons. The van der Waals surface area contributed by atoms with E-state index < -0.39 is 6.10 Å². The Balaban J connectivity index is 4.28. The molecular formula is C69H124O6. The standard InChI is InChI=1S/C69H124O6/c1-4-7-10-13-16-19-22-25-28-30-31-32-33-34-35-36-37-39-41-44-47-50-53-56-59-62-68(71)74-65-66(64-73-67(70)61-58-55-52-49-46-43-40-27-24-21-18-15-12-9-6-3)75-69(72)63-60-57-54-51-48-45-42-38-29-26-23-20-17-14-11-8-5-2/h8,11,17-18,20-21,26-27,29,40,66H,4-7,9-10,12-16,19,22-25,28,30-39,41-65H2,1-3H3/b11-8-,20-17-,21-18-,29-26-,40-27-. The van der Waals surface area contributed by atoms with Crippen LogP contribution in [0.3, 0.4) is 0 Å². The summed E-state index contributed by atoms with van der Waals surface area (Å²) < 4.78 is 16.9. The third-order valence-corrected chi connectivity index (χ3v) is 14.5. The Labute approximate surface area is 466 Å². The van der Waals surface area contributed by atoms with Crippen molar-refractivity contribution in [3.63, 3.8) is 0 Å². The molecule has 0 aliphatic rings. The third-order valence-electron chi connectivity index (χ3n) is 14.5. The maximum absolute atomic E-state index is 12.9. The zero-order chi connectivity index (χ0) is 54.3. The van der Waals surface area contributed by atoms with E-state index in [0.29, 0.717) is 19.3 Å². The van der Waals surface area contributed by atoms with Crippen LogP contribution in [-0.2, 0) is 28.6 Å². The molecule has 0 N–H and O–H groups in total. The number of unbranched alkanes of at least 4 members (excludes halogenated alkanes) is 39. The molecule has 0 bridgehead atoms. The van der Waals surface area contributed by atoms with Crippen molar-refractivity contribution in [2.24, 2.45) is 0 Å². The van der Waals surface area contributed by atoms with Gasteiger partial charge < -0.3 is 14.2 Å². The van der Waals surface area contributed by atoms with Crippen LogP contribution in [0, 0.1) is 0 Å². The predicted molar refractivity (Wildman–Crippen MR) is 325 cm³/mol. The normalized spacial score (nSPS) is 12.4. The summed E-state index contributed by atoms with van der Waals surface area (Å²) in [5.74, 6) is -0.886. The summed E-state index contributed by atoms with van der Waals surface area (Å²) in [6.45, 7) is 6.53. The molecule has 0 rings (SSSR count). The minimum absolute atomic E-state index is 0.0798. The molecule has 1 unspecified atom stereocenters. The van der Waals surface area contributed by atoms with Gasteiger partial charge in [0.2, 0.25) is 0 Å². The molecule has 0 aliphatic carbocycles. The van der Waals surface area contributed by atoms with E-state index in [0.717, 1.165) is 103 Å². The quantitative estimate of drug-likeness (QED) is 0.0261. The average Bonchev–Trinajstić information content (AvgIpc) is 3.41. The zero-order valence-electron chi connectivity index (χ0n) is 50.1. The van der Waals surface area contributed by atoms with Crippen molar-refractivity contribution in [3.05, 3.63) is 60.8 Å². The summed E-state index contributed by atoms with van der Waals surface area (Å²) >= 11 is 0. The fraction of sp³-hybridized carbons (Fsp3) is 0.812. The smallest absolute Gasteiger partial charge is 0.306 e. The summed E-state index contributed by atoms with van der Waals surface area (Å²) in [4.78, 5) is 38.3. The van der Waals surface area contributed by atoms with Gasteiger partial charge in [-0.2, -0.15) is 0 Å². The van der Waals surface area contributed by atoms with Crippen molar-refractivity contribution < 1.29 is 28.6 Å². The van der Waals surface area contributed by atoms with E-state index in [4.69, 9.17) is 14.2 Å². The van der Waals surface area contributed by atoms with Crippen LogP contribution in [0.25, 0.3) is 0 Å². The highest BCUT2D eigenvalue weighted by Crippen LogP contribution is 2.18. The Hall–Kier alpha value is -2.89. The summed E-state index contributed by atoms with van der Waals surface area (Å²) in [7, 11) is 0. The second-order valence-electron chi connectivity index (χ2n) is 22.0. The van der Waals surface area contributed by atoms with E-state index in [1.807, 2.05) is 0 Å². The van der Waals surface area contributed by atoms with Crippen molar-refractivity contribution in [2.75, 3.05) is 13.2 Å². The van der Waals surface area contributed by atoms with E-state index in [9.17, 15) is 14.4 Å². The van der Waals surface area contributed by atoms with Crippen LogP contribution in [0.2, 0.25) is 0 Å². The van der Waals surface area contributed by atoms with Gasteiger partial charge in [0.25, 0.3) is 0 Å².